The summed E-state index contributed by atoms with van der Waals surface area (Å²) in [6.45, 7) is 0. The van der Waals surface area contributed by atoms with Gasteiger partial charge in [0.15, 0.2) is 11.6 Å². The highest BCUT2D eigenvalue weighted by molar-refractivity contribution is 6.14. The third-order valence-corrected chi connectivity index (χ3v) is 2.34. The minimum atomic E-state index is -0.121. The molecule has 2 aromatic rings. The van der Waals surface area contributed by atoms with Crippen LogP contribution < -0.4 is 0 Å². The molecule has 0 saturated heterocycles. The van der Waals surface area contributed by atoms with Gasteiger partial charge in [-0.1, -0.05) is 24.3 Å². The molecule has 0 radical (unpaired) electrons. The molecule has 3 heteroatoms. The lowest BCUT2D eigenvalue weighted by atomic mass is 10.2. The molecule has 3 nitrogen and oxygen atoms in total. The number of hydrogen-bond donors (Lipinski definition) is 0. The second-order valence-corrected chi connectivity index (χ2v) is 3.67. The maximum absolute atomic E-state index is 10.3. The van der Waals surface area contributed by atoms with Gasteiger partial charge >= 0.3 is 0 Å². The first kappa shape index (κ1) is 11.9. The monoisotopic (exact) mass is 237 g/mol. The highest BCUT2D eigenvalue weighted by atomic mass is 16.1. The maximum atomic E-state index is 10.3. The topological polar surface area (TPSA) is 47.0 Å². The maximum Gasteiger partial charge on any atom is 0.178 e. The summed E-state index contributed by atoms with van der Waals surface area (Å²) in [5.74, 6) is -0.241. The molecule has 1 aliphatic carbocycles. The molecule has 0 fully saturated rings. The Morgan fingerprint density at radius 1 is 0.722 bits per heavy atom. The van der Waals surface area contributed by atoms with Crippen molar-refractivity contribution < 1.29 is 9.59 Å². The number of pyridine rings is 1. The summed E-state index contributed by atoms with van der Waals surface area (Å²) in [5, 5.41) is 1.20. The Morgan fingerprint density at radius 3 is 1.89 bits per heavy atom. The zero-order chi connectivity index (χ0) is 12.8. The molecule has 88 valence electrons. The third-order valence-electron chi connectivity index (χ3n) is 2.34. The van der Waals surface area contributed by atoms with Crippen molar-refractivity contribution in [3.63, 3.8) is 0 Å². The molecule has 18 heavy (non-hydrogen) atoms. The van der Waals surface area contributed by atoms with Crippen LogP contribution in [-0.4, -0.2) is 16.6 Å². The van der Waals surface area contributed by atoms with Crippen LogP contribution >= 0.6 is 0 Å². The Kier molecular flexibility index (Phi) is 3.76. The number of carbonyl (C=O) groups is 2. The van der Waals surface area contributed by atoms with E-state index in [-0.39, 0.29) is 11.6 Å². The Bertz CT molecular complexity index is 538. The number of hydrogen-bond acceptors (Lipinski definition) is 3. The fourth-order valence-corrected chi connectivity index (χ4v) is 1.46. The van der Waals surface area contributed by atoms with Crippen LogP contribution in [0.5, 0.6) is 0 Å². The molecule has 0 amide bonds. The van der Waals surface area contributed by atoms with Gasteiger partial charge in [-0.2, -0.15) is 0 Å². The quantitative estimate of drug-likeness (QED) is 0.661. The summed E-state index contributed by atoms with van der Waals surface area (Å²) >= 11 is 0. The van der Waals surface area contributed by atoms with E-state index in [4.69, 9.17) is 0 Å². The van der Waals surface area contributed by atoms with E-state index in [0.29, 0.717) is 0 Å². The van der Waals surface area contributed by atoms with Gasteiger partial charge in [-0.15, -0.1) is 0 Å². The highest BCUT2D eigenvalue weighted by Gasteiger charge is 1.97. The number of carbonyl (C=O) groups excluding carboxylic acids is 2. The van der Waals surface area contributed by atoms with E-state index >= 15 is 0 Å². The zero-order valence-corrected chi connectivity index (χ0v) is 9.61. The number of rotatable bonds is 0. The summed E-state index contributed by atoms with van der Waals surface area (Å²) in [5.41, 5.74) is 1.06. The van der Waals surface area contributed by atoms with Crippen LogP contribution in [0.4, 0.5) is 0 Å². The minimum Gasteiger partial charge on any atom is -0.290 e. The molecule has 0 spiro atoms. The summed E-state index contributed by atoms with van der Waals surface area (Å²) in [6.07, 6.45) is 6.82. The number of allylic oxidation sites excluding steroid dienone is 4. The first-order valence-electron chi connectivity index (χ1n) is 5.49. The zero-order valence-electron chi connectivity index (χ0n) is 9.61. The first-order chi connectivity index (χ1) is 8.75. The lowest BCUT2D eigenvalue weighted by Gasteiger charge is -1.91. The average Bonchev–Trinajstić information content (AvgIpc) is 2.43. The van der Waals surface area contributed by atoms with Gasteiger partial charge in [-0.3, -0.25) is 14.6 Å². The largest absolute Gasteiger partial charge is 0.290 e. The van der Waals surface area contributed by atoms with Crippen LogP contribution in [0.2, 0.25) is 0 Å². The van der Waals surface area contributed by atoms with Gasteiger partial charge in [0.1, 0.15) is 0 Å². The van der Waals surface area contributed by atoms with Crippen LogP contribution in [0, 0.1) is 0 Å². The van der Waals surface area contributed by atoms with Gasteiger partial charge in [0.05, 0.1) is 5.52 Å². The molecule has 1 heterocycles. The van der Waals surface area contributed by atoms with Crippen molar-refractivity contribution in [2.75, 3.05) is 0 Å². The fourth-order valence-electron chi connectivity index (χ4n) is 1.46. The number of nitrogens with zero attached hydrogens (tertiary/aromatic N) is 1. The predicted molar refractivity (Wildman–Crippen MR) is 70.0 cm³/mol. The molecule has 0 unspecified atom stereocenters. The second-order valence-electron chi connectivity index (χ2n) is 3.67. The van der Waals surface area contributed by atoms with E-state index in [2.05, 4.69) is 17.1 Å². The van der Waals surface area contributed by atoms with E-state index in [1.165, 1.54) is 29.7 Å². The van der Waals surface area contributed by atoms with Gasteiger partial charge in [-0.25, -0.2) is 0 Å². The van der Waals surface area contributed by atoms with E-state index in [1.807, 2.05) is 30.5 Å². The molecule has 3 rings (SSSR count). The number of fused-ring (bicyclic) bond motifs is 1. The van der Waals surface area contributed by atoms with Gasteiger partial charge in [0.25, 0.3) is 0 Å². The van der Waals surface area contributed by atoms with Crippen LogP contribution in [0.25, 0.3) is 10.9 Å². The molecular formula is C15H11NO2. The average molecular weight is 237 g/mol. The fraction of sp³-hybridized carbons (Fsp3) is 0. The molecule has 0 aliphatic heterocycles. The van der Waals surface area contributed by atoms with E-state index in [9.17, 15) is 9.59 Å². The van der Waals surface area contributed by atoms with Crippen molar-refractivity contribution in [2.24, 2.45) is 0 Å². The Morgan fingerprint density at radius 2 is 1.28 bits per heavy atom. The number of ketones is 2. The molecule has 1 aromatic carbocycles. The summed E-state index contributed by atoms with van der Waals surface area (Å²) in [7, 11) is 0. The molecular weight excluding hydrogens is 226 g/mol. The first-order valence-corrected chi connectivity index (χ1v) is 5.49. The molecule has 0 N–H and O–H groups in total. The Labute approximate surface area is 104 Å². The van der Waals surface area contributed by atoms with Crippen LogP contribution in [0.3, 0.4) is 0 Å². The number of para-hydroxylation sites is 1. The molecule has 1 aliphatic rings. The van der Waals surface area contributed by atoms with Crippen molar-refractivity contribution in [3.8, 4) is 0 Å². The standard InChI is InChI=1S/C9H7N.C6H4O2/c1-2-6-9-8(4-1)5-3-7-10-9;7-5-1-2-6(8)4-3-5/h1-7H;1-4H. The molecule has 0 saturated carbocycles. The van der Waals surface area contributed by atoms with E-state index in [1.54, 1.807) is 0 Å². The smallest absolute Gasteiger partial charge is 0.178 e. The lowest BCUT2D eigenvalue weighted by molar-refractivity contribution is -0.113. The van der Waals surface area contributed by atoms with Gasteiger partial charge in [0.2, 0.25) is 0 Å². The van der Waals surface area contributed by atoms with Crippen molar-refractivity contribution in [2.45, 2.75) is 0 Å². The highest BCUT2D eigenvalue weighted by Crippen LogP contribution is 2.07. The molecule has 1 aromatic heterocycles. The third kappa shape index (κ3) is 3.22. The van der Waals surface area contributed by atoms with E-state index < -0.39 is 0 Å². The van der Waals surface area contributed by atoms with Crippen LogP contribution in [-0.2, 0) is 9.59 Å². The summed E-state index contributed by atoms with van der Waals surface area (Å²) in [6, 6.07) is 12.1. The Hall–Kier alpha value is -2.55. The van der Waals surface area contributed by atoms with E-state index in [0.717, 1.165) is 5.52 Å². The molecule has 0 bridgehead atoms. The number of benzene rings is 1. The predicted octanol–water partition coefficient (Wildman–Crippen LogP) is 2.49. The number of aromatic nitrogens is 1. The van der Waals surface area contributed by atoms with Crippen LogP contribution in [0.15, 0.2) is 66.9 Å². The Balaban J connectivity index is 0.000000138. The SMILES string of the molecule is O=C1C=CC(=O)C=C1.c1ccc2ncccc2c1. The van der Waals surface area contributed by atoms with Gasteiger partial charge < -0.3 is 0 Å². The summed E-state index contributed by atoms with van der Waals surface area (Å²) < 4.78 is 0. The van der Waals surface area contributed by atoms with Crippen molar-refractivity contribution in [1.82, 2.24) is 4.98 Å². The van der Waals surface area contributed by atoms with Crippen molar-refractivity contribution in [3.05, 3.63) is 66.9 Å². The normalized spacial score (nSPS) is 13.3. The molecule has 0 atom stereocenters. The van der Waals surface area contributed by atoms with Crippen molar-refractivity contribution >= 4 is 22.5 Å². The minimum absolute atomic E-state index is 0.121. The second kappa shape index (κ2) is 5.68. The van der Waals surface area contributed by atoms with Gasteiger partial charge in [-0.05, 0) is 36.4 Å². The van der Waals surface area contributed by atoms with Crippen LogP contribution in [0.1, 0.15) is 0 Å². The summed E-state index contributed by atoms with van der Waals surface area (Å²) in [4.78, 5) is 24.7. The van der Waals surface area contributed by atoms with Gasteiger partial charge in [0, 0.05) is 11.6 Å². The van der Waals surface area contributed by atoms with Crippen molar-refractivity contribution in [1.29, 1.82) is 0 Å². The lowest BCUT2D eigenvalue weighted by Crippen LogP contribution is -1.97.